The van der Waals surface area contributed by atoms with Gasteiger partial charge in [-0.1, -0.05) is 60.7 Å². The summed E-state index contributed by atoms with van der Waals surface area (Å²) in [5.41, 5.74) is 0.694. The molecule has 4 aromatic rings. The minimum Gasteiger partial charge on any atom is -0.288 e. The van der Waals surface area contributed by atoms with E-state index in [0.29, 0.717) is 11.1 Å². The van der Waals surface area contributed by atoms with E-state index in [9.17, 15) is 26.4 Å². The number of hydrogen-bond acceptors (Lipinski definition) is 6. The number of rotatable bonds is 6. The Labute approximate surface area is 220 Å². The van der Waals surface area contributed by atoms with Crippen molar-refractivity contribution in [1.29, 1.82) is 0 Å². The van der Waals surface area contributed by atoms with Gasteiger partial charge in [0.05, 0.1) is 32.3 Å². The molecule has 0 aromatic heterocycles. The maximum atomic E-state index is 13.6. The number of nitrogens with one attached hydrogen (secondary N) is 2. The van der Waals surface area contributed by atoms with Gasteiger partial charge in [-0.3, -0.25) is 19.0 Å². The highest BCUT2D eigenvalue weighted by Crippen LogP contribution is 2.37. The smallest absolute Gasteiger partial charge is 0.262 e. The Hall–Kier alpha value is -4.28. The molecule has 1 aliphatic carbocycles. The van der Waals surface area contributed by atoms with Crippen molar-refractivity contribution < 1.29 is 26.4 Å². The third kappa shape index (κ3) is 4.27. The predicted octanol–water partition coefficient (Wildman–Crippen LogP) is 4.68. The summed E-state index contributed by atoms with van der Waals surface area (Å²) in [6.07, 6.45) is 0. The molecule has 0 atom stereocenters. The monoisotopic (exact) mass is 546 g/mol. The number of aryl methyl sites for hydroxylation is 2. The number of benzene rings is 4. The molecule has 1 aliphatic rings. The van der Waals surface area contributed by atoms with Crippen LogP contribution in [-0.4, -0.2) is 28.4 Å². The van der Waals surface area contributed by atoms with E-state index in [-0.39, 0.29) is 43.4 Å². The van der Waals surface area contributed by atoms with Crippen LogP contribution in [0.25, 0.3) is 0 Å². The normalized spacial score (nSPS) is 13.0. The molecular weight excluding hydrogens is 524 g/mol. The largest absolute Gasteiger partial charge is 0.288 e. The summed E-state index contributed by atoms with van der Waals surface area (Å²) in [6.45, 7) is 3.30. The molecule has 2 N–H and O–H groups in total. The lowest BCUT2D eigenvalue weighted by Crippen LogP contribution is -2.26. The first-order chi connectivity index (χ1) is 18.0. The van der Waals surface area contributed by atoms with Crippen LogP contribution in [0.3, 0.4) is 0 Å². The van der Waals surface area contributed by atoms with Crippen LogP contribution in [0.2, 0.25) is 0 Å². The Bertz CT molecular complexity index is 1730. The first-order valence-electron chi connectivity index (χ1n) is 11.5. The summed E-state index contributed by atoms with van der Waals surface area (Å²) in [6, 6.07) is 21.4. The predicted molar refractivity (Wildman–Crippen MR) is 144 cm³/mol. The minimum atomic E-state index is -4.07. The van der Waals surface area contributed by atoms with Crippen LogP contribution < -0.4 is 9.44 Å². The van der Waals surface area contributed by atoms with Gasteiger partial charge in [-0.05, 0) is 49.2 Å². The molecule has 8 nitrogen and oxygen atoms in total. The molecule has 0 aliphatic heterocycles. The van der Waals surface area contributed by atoms with Gasteiger partial charge in [0, 0.05) is 11.1 Å². The highest BCUT2D eigenvalue weighted by atomic mass is 32.2. The average molecular weight is 547 g/mol. The number of sulfonamides is 2. The first kappa shape index (κ1) is 25.4. The van der Waals surface area contributed by atoms with Crippen LogP contribution in [-0.2, 0) is 20.0 Å². The fourth-order valence-corrected chi connectivity index (χ4v) is 7.17. The van der Waals surface area contributed by atoms with Crippen molar-refractivity contribution in [1.82, 2.24) is 0 Å². The minimum absolute atomic E-state index is 0.0324. The van der Waals surface area contributed by atoms with E-state index in [4.69, 9.17) is 0 Å². The lowest BCUT2D eigenvalue weighted by atomic mass is 9.82. The Morgan fingerprint density at radius 2 is 0.868 bits per heavy atom. The van der Waals surface area contributed by atoms with E-state index < -0.39 is 31.6 Å². The van der Waals surface area contributed by atoms with Crippen LogP contribution in [0.1, 0.15) is 43.0 Å². The lowest BCUT2D eigenvalue weighted by Gasteiger charge is -2.23. The zero-order chi connectivity index (χ0) is 27.2. The number of anilines is 2. The Morgan fingerprint density at radius 1 is 0.500 bits per heavy atom. The molecule has 38 heavy (non-hydrogen) atoms. The van der Waals surface area contributed by atoms with Crippen LogP contribution in [0, 0.1) is 13.8 Å². The fourth-order valence-electron chi connectivity index (χ4n) is 4.53. The molecule has 0 radical (unpaired) electrons. The van der Waals surface area contributed by atoms with Crippen molar-refractivity contribution in [2.75, 3.05) is 9.44 Å². The molecular formula is C28H22N2O6S2. The van der Waals surface area contributed by atoms with Crippen molar-refractivity contribution in [2.45, 2.75) is 23.6 Å². The molecule has 0 amide bonds. The van der Waals surface area contributed by atoms with E-state index in [1.54, 1.807) is 50.2 Å². The molecule has 192 valence electrons. The molecule has 4 aromatic carbocycles. The van der Waals surface area contributed by atoms with E-state index >= 15 is 0 Å². The molecule has 0 saturated carbocycles. The molecule has 0 saturated heterocycles. The van der Waals surface area contributed by atoms with Crippen LogP contribution in [0.15, 0.2) is 94.7 Å². The maximum absolute atomic E-state index is 13.6. The molecule has 0 spiro atoms. The zero-order valence-electron chi connectivity index (χ0n) is 20.3. The molecule has 10 heteroatoms. The summed E-state index contributed by atoms with van der Waals surface area (Å²) in [7, 11) is -8.14. The molecule has 0 fully saturated rings. The summed E-state index contributed by atoms with van der Waals surface area (Å²) in [4.78, 5) is 27.4. The number of carbonyl (C=O) groups excluding carboxylic acids is 2. The Morgan fingerprint density at radius 3 is 1.24 bits per heavy atom. The quantitative estimate of drug-likeness (QED) is 0.318. The second kappa shape index (κ2) is 9.23. The number of hydrogen-bond donors (Lipinski definition) is 2. The third-order valence-corrected chi connectivity index (χ3v) is 9.38. The standard InChI is InChI=1S/C28H22N2O6S2/c1-17-9-3-5-15-23(17)37(33,34)29-21-13-7-11-19-25(21)27(31)20-12-8-14-22(26(20)28(19)32)30-38(35,36)24-16-6-4-10-18(24)2/h3-16,29-30H,1-2H3. The number of ketones is 2. The maximum Gasteiger partial charge on any atom is 0.262 e. The number of fused-ring (bicyclic) bond motifs is 2. The van der Waals surface area contributed by atoms with Crippen LogP contribution in [0.5, 0.6) is 0 Å². The number of carbonyl (C=O) groups is 2. The highest BCUT2D eigenvalue weighted by Gasteiger charge is 2.35. The van der Waals surface area contributed by atoms with Gasteiger partial charge in [0.2, 0.25) is 0 Å². The van der Waals surface area contributed by atoms with Gasteiger partial charge in [0.1, 0.15) is 0 Å². The van der Waals surface area contributed by atoms with Crippen molar-refractivity contribution in [3.63, 3.8) is 0 Å². The summed E-state index contributed by atoms with van der Waals surface area (Å²) >= 11 is 0. The zero-order valence-corrected chi connectivity index (χ0v) is 22.0. The van der Waals surface area contributed by atoms with Crippen molar-refractivity contribution in [2.24, 2.45) is 0 Å². The summed E-state index contributed by atoms with van der Waals surface area (Å²) in [5.74, 6) is -1.20. The van der Waals surface area contributed by atoms with Crippen LogP contribution >= 0.6 is 0 Å². The SMILES string of the molecule is Cc1ccccc1S(=O)(=O)Nc1cccc2c1C(=O)c1cccc(NS(=O)(=O)c3ccccc3C)c1C2=O. The molecule has 5 rings (SSSR count). The lowest BCUT2D eigenvalue weighted by molar-refractivity contribution is 0.0980. The van der Waals surface area contributed by atoms with Gasteiger partial charge >= 0.3 is 0 Å². The third-order valence-electron chi connectivity index (χ3n) is 6.33. The second-order valence-corrected chi connectivity index (χ2v) is 12.2. The Balaban J connectivity index is 1.58. The van der Waals surface area contributed by atoms with Crippen molar-refractivity contribution in [3.05, 3.63) is 118 Å². The van der Waals surface area contributed by atoms with E-state index in [1.165, 1.54) is 48.5 Å². The van der Waals surface area contributed by atoms with Crippen molar-refractivity contribution in [3.8, 4) is 0 Å². The van der Waals surface area contributed by atoms with Gasteiger partial charge in [-0.2, -0.15) is 0 Å². The highest BCUT2D eigenvalue weighted by molar-refractivity contribution is 7.93. The summed E-state index contributed by atoms with van der Waals surface area (Å²) in [5, 5.41) is 0. The van der Waals surface area contributed by atoms with Gasteiger partial charge < -0.3 is 0 Å². The van der Waals surface area contributed by atoms with E-state index in [1.807, 2.05) is 0 Å². The summed E-state index contributed by atoms with van der Waals surface area (Å²) < 4.78 is 57.4. The van der Waals surface area contributed by atoms with Gasteiger partial charge in [-0.15, -0.1) is 0 Å². The van der Waals surface area contributed by atoms with Gasteiger partial charge in [0.25, 0.3) is 20.0 Å². The second-order valence-electron chi connectivity index (χ2n) is 8.86. The average Bonchev–Trinajstić information content (AvgIpc) is 2.87. The first-order valence-corrected chi connectivity index (χ1v) is 14.5. The van der Waals surface area contributed by atoms with E-state index in [0.717, 1.165) is 0 Å². The van der Waals surface area contributed by atoms with Crippen LogP contribution in [0.4, 0.5) is 11.4 Å². The Kier molecular flexibility index (Phi) is 6.16. The molecule has 0 heterocycles. The fraction of sp³-hybridized carbons (Fsp3) is 0.0714. The molecule has 0 unspecified atom stereocenters. The molecule has 0 bridgehead atoms. The van der Waals surface area contributed by atoms with Gasteiger partial charge in [-0.25, -0.2) is 16.8 Å². The van der Waals surface area contributed by atoms with Crippen molar-refractivity contribution >= 4 is 43.0 Å². The van der Waals surface area contributed by atoms with E-state index in [2.05, 4.69) is 9.44 Å². The topological polar surface area (TPSA) is 126 Å². The van der Waals surface area contributed by atoms with Gasteiger partial charge in [0.15, 0.2) is 11.6 Å².